The lowest BCUT2D eigenvalue weighted by Gasteiger charge is -2.36. The van der Waals surface area contributed by atoms with Crippen LogP contribution in [0.2, 0.25) is 0 Å². The van der Waals surface area contributed by atoms with Gasteiger partial charge in [0.05, 0.1) is 0 Å². The summed E-state index contributed by atoms with van der Waals surface area (Å²) >= 11 is 0. The number of allylic oxidation sites excluding steroid dienone is 11. The summed E-state index contributed by atoms with van der Waals surface area (Å²) in [6.07, 6.45) is 28.7. The predicted octanol–water partition coefficient (Wildman–Crippen LogP) is 6.41. The van der Waals surface area contributed by atoms with E-state index in [4.69, 9.17) is 0 Å². The largest absolute Gasteiger partial charge is 0.387 e. The Hall–Kier alpha value is -3.84. The number of fused-ring (bicyclic) bond motifs is 3. The van der Waals surface area contributed by atoms with E-state index in [1.165, 1.54) is 55.0 Å². The van der Waals surface area contributed by atoms with Crippen LogP contribution in [0.25, 0.3) is 22.8 Å². The second-order valence-electron chi connectivity index (χ2n) is 10.9. The fourth-order valence-corrected chi connectivity index (χ4v) is 6.82. The zero-order valence-electron chi connectivity index (χ0n) is 21.5. The van der Waals surface area contributed by atoms with E-state index in [1.807, 2.05) is 0 Å². The van der Waals surface area contributed by atoms with Crippen LogP contribution in [0.5, 0.6) is 0 Å². The molecule has 4 aliphatic carbocycles. The van der Waals surface area contributed by atoms with Crippen molar-refractivity contribution in [1.29, 1.82) is 0 Å². The fraction of sp³-hybridized carbons (Fsp3) is 0.222. The monoisotopic (exact) mass is 479 g/mol. The van der Waals surface area contributed by atoms with Crippen LogP contribution in [-0.4, -0.2) is 6.54 Å². The lowest BCUT2D eigenvalue weighted by Crippen LogP contribution is -2.41. The Morgan fingerprint density at radius 1 is 0.811 bits per heavy atom. The molecule has 3 unspecified atom stereocenters. The first-order valence-electron chi connectivity index (χ1n) is 13.8. The van der Waals surface area contributed by atoms with Crippen molar-refractivity contribution in [3.63, 3.8) is 0 Å². The van der Waals surface area contributed by atoms with Crippen molar-refractivity contribution in [2.24, 2.45) is 17.8 Å². The molecule has 0 fully saturated rings. The van der Waals surface area contributed by atoms with E-state index in [2.05, 4.69) is 122 Å². The number of rotatable bonds is 3. The smallest absolute Gasteiger partial charge is 0.0328 e. The zero-order chi connectivity index (χ0) is 24.8. The number of hydrogen-bond donors (Lipinski definition) is 1. The van der Waals surface area contributed by atoms with Gasteiger partial charge in [-0.1, -0.05) is 104 Å². The molecule has 0 spiro atoms. The van der Waals surface area contributed by atoms with Gasteiger partial charge in [-0.3, -0.25) is 0 Å². The molecule has 182 valence electrons. The quantitative estimate of drug-likeness (QED) is 0.536. The molecule has 2 aromatic carbocycles. The van der Waals surface area contributed by atoms with Crippen LogP contribution in [0.4, 0.5) is 0 Å². The van der Waals surface area contributed by atoms with Crippen LogP contribution >= 0.6 is 0 Å². The highest BCUT2D eigenvalue weighted by atomic mass is 14.8. The van der Waals surface area contributed by atoms with Crippen LogP contribution in [0, 0.1) is 17.8 Å². The van der Waals surface area contributed by atoms with Gasteiger partial charge in [-0.05, 0) is 86.2 Å². The Balaban J connectivity index is 1.43. The Kier molecular flexibility index (Phi) is 5.58. The molecule has 37 heavy (non-hydrogen) atoms. The molecule has 1 heteroatoms. The number of hydrogen-bond acceptors (Lipinski definition) is 1. The second-order valence-corrected chi connectivity index (χ2v) is 10.9. The maximum atomic E-state index is 3.36. The molecule has 0 saturated carbocycles. The molecule has 0 saturated heterocycles. The third-order valence-corrected chi connectivity index (χ3v) is 8.54. The molecule has 1 nitrogen and oxygen atoms in total. The first-order chi connectivity index (χ1) is 18.3. The van der Waals surface area contributed by atoms with Gasteiger partial charge in [0.25, 0.3) is 0 Å². The molecular formula is C36H33N. The van der Waals surface area contributed by atoms with E-state index in [-0.39, 0.29) is 0 Å². The third kappa shape index (κ3) is 3.94. The molecule has 0 amide bonds. The van der Waals surface area contributed by atoms with Gasteiger partial charge >= 0.3 is 0 Å². The summed E-state index contributed by atoms with van der Waals surface area (Å²) in [6.45, 7) is 3.24. The molecular weight excluding hydrogens is 446 g/mol. The molecule has 1 N–H and O–H groups in total. The Morgan fingerprint density at radius 3 is 2.32 bits per heavy atom. The lowest BCUT2D eigenvalue weighted by molar-refractivity contribution is 0.655. The fourth-order valence-electron chi connectivity index (χ4n) is 6.82. The number of aryl methyl sites for hydroxylation is 1. The molecule has 1 aliphatic heterocycles. The van der Waals surface area contributed by atoms with Gasteiger partial charge in [0.15, 0.2) is 0 Å². The minimum Gasteiger partial charge on any atom is -0.387 e. The zero-order valence-corrected chi connectivity index (χ0v) is 21.5. The number of dihydropyridines is 1. The Bertz CT molecular complexity index is 1610. The van der Waals surface area contributed by atoms with Gasteiger partial charge < -0.3 is 5.32 Å². The van der Waals surface area contributed by atoms with Crippen molar-refractivity contribution >= 4 is 22.8 Å². The van der Waals surface area contributed by atoms with Gasteiger partial charge in [-0.15, -0.1) is 0 Å². The highest BCUT2D eigenvalue weighted by molar-refractivity contribution is 5.86. The normalized spacial score (nSPS) is 25.4. The summed E-state index contributed by atoms with van der Waals surface area (Å²) in [5, 5.41) is 6.21. The van der Waals surface area contributed by atoms with E-state index >= 15 is 0 Å². The van der Waals surface area contributed by atoms with Crippen LogP contribution in [0.1, 0.15) is 36.5 Å². The molecule has 0 aromatic heterocycles. The maximum absolute atomic E-state index is 3.36. The Morgan fingerprint density at radius 2 is 1.59 bits per heavy atom. The average Bonchev–Trinajstić information content (AvgIpc) is 2.95. The summed E-state index contributed by atoms with van der Waals surface area (Å²) < 4.78 is 0. The van der Waals surface area contributed by atoms with Gasteiger partial charge in [0.1, 0.15) is 0 Å². The first-order valence-corrected chi connectivity index (χ1v) is 13.8. The topological polar surface area (TPSA) is 12.0 Å². The molecule has 5 aliphatic rings. The van der Waals surface area contributed by atoms with Crippen molar-refractivity contribution < 1.29 is 0 Å². The van der Waals surface area contributed by atoms with Crippen molar-refractivity contribution in [2.45, 2.75) is 26.2 Å². The van der Waals surface area contributed by atoms with Crippen molar-refractivity contribution in [1.82, 2.24) is 5.32 Å². The van der Waals surface area contributed by atoms with Crippen LogP contribution in [-0.2, 0) is 6.42 Å². The predicted molar refractivity (Wildman–Crippen MR) is 157 cm³/mol. The highest BCUT2D eigenvalue weighted by Gasteiger charge is 2.34. The second kappa shape index (κ2) is 9.23. The molecule has 0 radical (unpaired) electrons. The van der Waals surface area contributed by atoms with Gasteiger partial charge in [0.2, 0.25) is 0 Å². The van der Waals surface area contributed by atoms with E-state index < -0.39 is 0 Å². The number of nitrogens with one attached hydrogen (secondary N) is 1. The lowest BCUT2D eigenvalue weighted by atomic mass is 9.67. The molecule has 7 rings (SSSR count). The highest BCUT2D eigenvalue weighted by Crippen LogP contribution is 2.44. The third-order valence-electron chi connectivity index (χ3n) is 8.54. The van der Waals surface area contributed by atoms with E-state index in [0.717, 1.165) is 25.8 Å². The molecule has 1 heterocycles. The summed E-state index contributed by atoms with van der Waals surface area (Å²) in [5.41, 5.74) is 11.4. The van der Waals surface area contributed by atoms with Gasteiger partial charge in [-0.2, -0.15) is 0 Å². The minimum absolute atomic E-state index is 0.376. The van der Waals surface area contributed by atoms with Crippen molar-refractivity contribution in [3.8, 4) is 0 Å². The van der Waals surface area contributed by atoms with E-state index in [9.17, 15) is 0 Å². The van der Waals surface area contributed by atoms with Crippen LogP contribution < -0.4 is 15.8 Å². The van der Waals surface area contributed by atoms with Gasteiger partial charge in [-0.25, -0.2) is 0 Å². The Labute approximate surface area is 220 Å². The maximum Gasteiger partial charge on any atom is 0.0328 e. The summed E-state index contributed by atoms with van der Waals surface area (Å²) in [7, 11) is 0. The summed E-state index contributed by atoms with van der Waals surface area (Å²) in [4.78, 5) is 0. The van der Waals surface area contributed by atoms with Gasteiger partial charge in [0, 0.05) is 24.6 Å². The molecule has 0 bridgehead atoms. The van der Waals surface area contributed by atoms with E-state index in [0.29, 0.717) is 17.8 Å². The minimum atomic E-state index is 0.376. The standard InChI is InChI=1S/C36H33N/c1-24-8-6-9-27(20-24)35-31-11-2-4-13-33(31)36(34-14-5-3-12-32(34)35)28-18-16-25-15-17-26(21-30(25)22-28)29-10-7-19-37-23-29/h2-15,17,21-24,31,33,37H,16,18-20H2,1H3. The molecule has 3 atom stereocenters. The summed E-state index contributed by atoms with van der Waals surface area (Å²) in [5.74, 6) is 1.35. The molecule has 2 aromatic rings. The van der Waals surface area contributed by atoms with Crippen LogP contribution in [0.3, 0.4) is 0 Å². The SMILES string of the molecule is CC1C=CC=C(C2=c3ccccc3=C(C3=Cc4cc(C5=CNCC=C5)ccc4CC3)C3C=CC=CC23)C1. The first kappa shape index (κ1) is 22.4. The van der Waals surface area contributed by atoms with Crippen LogP contribution in [0.15, 0.2) is 114 Å². The van der Waals surface area contributed by atoms with E-state index in [1.54, 1.807) is 0 Å². The van der Waals surface area contributed by atoms with Crippen molar-refractivity contribution in [3.05, 3.63) is 142 Å². The van der Waals surface area contributed by atoms with Crippen molar-refractivity contribution in [2.75, 3.05) is 6.54 Å². The summed E-state index contributed by atoms with van der Waals surface area (Å²) in [6, 6.07) is 16.2. The average molecular weight is 480 g/mol. The number of benzene rings is 2.